The first-order valence-corrected chi connectivity index (χ1v) is 16.1. The first kappa shape index (κ1) is 32.6. The number of quaternary nitrogens is 1. The van der Waals surface area contributed by atoms with E-state index in [0.717, 1.165) is 49.0 Å². The molecule has 6 nitrogen and oxygen atoms in total. The van der Waals surface area contributed by atoms with Gasteiger partial charge in [0.25, 0.3) is 0 Å². The largest absolute Gasteiger partial charge is 0.498 e. The van der Waals surface area contributed by atoms with Crippen molar-refractivity contribution in [1.82, 2.24) is 0 Å². The van der Waals surface area contributed by atoms with E-state index in [1.807, 2.05) is 6.92 Å². The van der Waals surface area contributed by atoms with Crippen molar-refractivity contribution in [3.8, 4) is 0 Å². The van der Waals surface area contributed by atoms with Crippen LogP contribution in [0.5, 0.6) is 0 Å². The Hall–Kier alpha value is -0.390. The molecule has 0 saturated carbocycles. The van der Waals surface area contributed by atoms with E-state index in [1.165, 1.54) is 77.0 Å². The first-order valence-electron chi connectivity index (χ1n) is 14.6. The lowest BCUT2D eigenvalue weighted by Crippen LogP contribution is -2.53. The highest BCUT2D eigenvalue weighted by atomic mass is 31.2. The maximum Gasteiger partial charge on any atom is 0.472 e. The molecule has 7 heteroatoms. The monoisotopic (exact) mass is 518 g/mol. The zero-order valence-corrected chi connectivity index (χ0v) is 24.2. The quantitative estimate of drug-likeness (QED) is 0.0642. The van der Waals surface area contributed by atoms with Gasteiger partial charge in [-0.1, -0.05) is 97.0 Å². The van der Waals surface area contributed by atoms with E-state index in [1.54, 1.807) is 0 Å². The number of likely N-dealkylation sites (N-methyl/N-ethyl adjacent to an activating group) is 1. The molecule has 1 heterocycles. The van der Waals surface area contributed by atoms with Gasteiger partial charge in [-0.2, -0.15) is 0 Å². The lowest BCUT2D eigenvalue weighted by Gasteiger charge is -2.41. The van der Waals surface area contributed by atoms with E-state index in [9.17, 15) is 9.46 Å². The van der Waals surface area contributed by atoms with Gasteiger partial charge in [-0.25, -0.2) is 4.57 Å². The molecule has 1 N–H and O–H groups in total. The molecule has 1 fully saturated rings. The Labute approximate surface area is 217 Å². The van der Waals surface area contributed by atoms with Crippen LogP contribution in [-0.4, -0.2) is 55.9 Å². The van der Waals surface area contributed by atoms with Gasteiger partial charge in [0.05, 0.1) is 45.0 Å². The molecule has 0 radical (unpaired) electrons. The molecular weight excluding hydrogens is 461 g/mol. The van der Waals surface area contributed by atoms with Gasteiger partial charge in [0, 0.05) is 0 Å². The zero-order chi connectivity index (χ0) is 25.8. The number of hydrogen-bond donors (Lipinski definition) is 1. The fourth-order valence-electron chi connectivity index (χ4n) is 5.09. The summed E-state index contributed by atoms with van der Waals surface area (Å²) in [5.41, 5.74) is 0. The average Bonchev–Trinajstić information content (AvgIpc) is 2.81. The number of likely N-dealkylation sites (tertiary alicyclic amines) is 1. The van der Waals surface area contributed by atoms with E-state index in [0.29, 0.717) is 19.1 Å². The summed E-state index contributed by atoms with van der Waals surface area (Å²) in [5, 5.41) is 0. The second-order valence-electron chi connectivity index (χ2n) is 10.7. The number of ether oxygens (including phenoxy) is 1. The summed E-state index contributed by atoms with van der Waals surface area (Å²) >= 11 is 0. The molecule has 1 saturated heterocycles. The first-order chi connectivity index (χ1) is 16.8. The van der Waals surface area contributed by atoms with Crippen molar-refractivity contribution >= 4 is 7.82 Å². The van der Waals surface area contributed by atoms with Crippen LogP contribution in [0.25, 0.3) is 0 Å². The van der Waals surface area contributed by atoms with Crippen LogP contribution in [0.3, 0.4) is 0 Å². The van der Waals surface area contributed by atoms with E-state index in [4.69, 9.17) is 13.8 Å². The molecule has 3 atom stereocenters. The summed E-state index contributed by atoms with van der Waals surface area (Å²) in [6.45, 7) is 12.1. The van der Waals surface area contributed by atoms with Gasteiger partial charge < -0.3 is 14.1 Å². The van der Waals surface area contributed by atoms with Gasteiger partial charge in [0.2, 0.25) is 0 Å². The van der Waals surface area contributed by atoms with Crippen LogP contribution in [0.2, 0.25) is 0 Å². The predicted octanol–water partition coefficient (Wildman–Crippen LogP) is 8.01. The van der Waals surface area contributed by atoms with Crippen molar-refractivity contribution in [3.63, 3.8) is 0 Å². The number of rotatable bonds is 23. The summed E-state index contributed by atoms with van der Waals surface area (Å²) in [4.78, 5) is 10.0. The number of hydrogen-bond acceptors (Lipinski definition) is 4. The number of piperidine rings is 1. The SMILES string of the molecule is C=C(OCC)C1CCC[N+](C)(CCOP(=O)(O)OCCCCCCCCCCCCCCCC)C1. The van der Waals surface area contributed by atoms with Gasteiger partial charge in [0.15, 0.2) is 0 Å². The predicted molar refractivity (Wildman–Crippen MR) is 146 cm³/mol. The molecule has 0 amide bonds. The van der Waals surface area contributed by atoms with E-state index in [2.05, 4.69) is 20.6 Å². The van der Waals surface area contributed by atoms with Gasteiger partial charge in [0.1, 0.15) is 13.2 Å². The van der Waals surface area contributed by atoms with Crippen LogP contribution >= 0.6 is 7.82 Å². The minimum absolute atomic E-state index is 0.219. The van der Waals surface area contributed by atoms with Crippen LogP contribution in [0.15, 0.2) is 12.3 Å². The third-order valence-corrected chi connectivity index (χ3v) is 8.35. The maximum atomic E-state index is 12.2. The summed E-state index contributed by atoms with van der Waals surface area (Å²) in [6, 6.07) is 0. The Morgan fingerprint density at radius 1 is 0.886 bits per heavy atom. The van der Waals surface area contributed by atoms with Crippen molar-refractivity contribution in [2.24, 2.45) is 5.92 Å². The second kappa shape index (κ2) is 19.7. The molecule has 3 unspecified atom stereocenters. The van der Waals surface area contributed by atoms with Gasteiger partial charge in [-0.3, -0.25) is 9.05 Å². The van der Waals surface area contributed by atoms with Crippen molar-refractivity contribution in [2.75, 3.05) is 46.5 Å². The van der Waals surface area contributed by atoms with Gasteiger partial charge >= 0.3 is 7.82 Å². The summed E-state index contributed by atoms with van der Waals surface area (Å²) < 4.78 is 29.1. The molecular formula is C28H57NO5P+. The molecule has 0 bridgehead atoms. The van der Waals surface area contributed by atoms with Crippen molar-refractivity contribution in [2.45, 2.75) is 117 Å². The second-order valence-corrected chi connectivity index (χ2v) is 12.2. The zero-order valence-electron chi connectivity index (χ0n) is 23.3. The summed E-state index contributed by atoms with van der Waals surface area (Å²) in [6.07, 6.45) is 20.2. The minimum Gasteiger partial charge on any atom is -0.498 e. The highest BCUT2D eigenvalue weighted by Crippen LogP contribution is 2.43. The fourth-order valence-corrected chi connectivity index (χ4v) is 5.84. The molecule has 35 heavy (non-hydrogen) atoms. The highest BCUT2D eigenvalue weighted by Gasteiger charge is 2.34. The van der Waals surface area contributed by atoms with E-state index < -0.39 is 7.82 Å². The molecule has 0 aromatic heterocycles. The molecule has 1 aliphatic rings. The average molecular weight is 519 g/mol. The minimum atomic E-state index is -3.97. The lowest BCUT2D eigenvalue weighted by molar-refractivity contribution is -0.917. The maximum absolute atomic E-state index is 12.2. The molecule has 0 aliphatic carbocycles. The van der Waals surface area contributed by atoms with Gasteiger partial charge in [-0.15, -0.1) is 0 Å². The molecule has 0 aromatic carbocycles. The number of phosphoric acid groups is 1. The molecule has 1 aliphatic heterocycles. The number of phosphoric ester groups is 1. The normalized spacial score (nSPS) is 22.1. The molecule has 208 valence electrons. The highest BCUT2D eigenvalue weighted by molar-refractivity contribution is 7.47. The van der Waals surface area contributed by atoms with E-state index in [-0.39, 0.29) is 13.2 Å². The standard InChI is InChI=1S/C28H56NO5P/c1-5-7-8-9-10-11-12-13-14-15-16-17-18-19-24-33-35(30,31)34-25-23-29(4)22-20-21-28(26-29)27(3)32-6-2/h28H,3,5-26H2,1-2,4H3/p+1. The van der Waals surface area contributed by atoms with Crippen LogP contribution in [0, 0.1) is 5.92 Å². The third kappa shape index (κ3) is 16.9. The van der Waals surface area contributed by atoms with Crippen molar-refractivity contribution in [3.05, 3.63) is 12.3 Å². The number of nitrogens with zero attached hydrogens (tertiary/aromatic N) is 1. The Bertz CT molecular complexity index is 588. The Morgan fingerprint density at radius 3 is 1.94 bits per heavy atom. The fraction of sp³-hybridized carbons (Fsp3) is 0.929. The van der Waals surface area contributed by atoms with Gasteiger partial charge in [-0.05, 0) is 26.2 Å². The van der Waals surface area contributed by atoms with Crippen LogP contribution in [-0.2, 0) is 18.3 Å². The summed E-state index contributed by atoms with van der Waals surface area (Å²) in [5.74, 6) is 1.20. The number of unbranched alkanes of at least 4 members (excludes halogenated alkanes) is 13. The summed E-state index contributed by atoms with van der Waals surface area (Å²) in [7, 11) is -1.80. The Kier molecular flexibility index (Phi) is 18.4. The van der Waals surface area contributed by atoms with Crippen molar-refractivity contribution < 1.29 is 27.7 Å². The van der Waals surface area contributed by atoms with Crippen LogP contribution in [0.1, 0.15) is 117 Å². The topological polar surface area (TPSA) is 65.0 Å². The molecule has 1 rings (SSSR count). The van der Waals surface area contributed by atoms with Crippen LogP contribution in [0.4, 0.5) is 0 Å². The molecule has 0 aromatic rings. The van der Waals surface area contributed by atoms with E-state index >= 15 is 0 Å². The Morgan fingerprint density at radius 2 is 1.40 bits per heavy atom. The lowest BCUT2D eigenvalue weighted by atomic mass is 9.95. The van der Waals surface area contributed by atoms with Crippen LogP contribution < -0.4 is 0 Å². The molecule has 0 spiro atoms. The van der Waals surface area contributed by atoms with Crippen molar-refractivity contribution in [1.29, 1.82) is 0 Å². The third-order valence-electron chi connectivity index (χ3n) is 7.33. The smallest absolute Gasteiger partial charge is 0.472 e. The Balaban J connectivity index is 2.00.